The van der Waals surface area contributed by atoms with Crippen LogP contribution in [0.25, 0.3) is 0 Å². The molecule has 3 aliphatic heterocycles. The number of quaternary nitrogens is 1. The average Bonchev–Trinajstić information content (AvgIpc) is 3.16. The second-order valence-electron chi connectivity index (χ2n) is 8.33. The van der Waals surface area contributed by atoms with Gasteiger partial charge < -0.3 is 9.80 Å². The molecule has 1 N–H and O–H groups in total. The van der Waals surface area contributed by atoms with Crippen LogP contribution in [0.3, 0.4) is 0 Å². The third-order valence-corrected chi connectivity index (χ3v) is 7.53. The first-order chi connectivity index (χ1) is 12.2. The summed E-state index contributed by atoms with van der Waals surface area (Å²) >= 11 is 0. The Bertz CT molecular complexity index is 823. The van der Waals surface area contributed by atoms with E-state index in [1.165, 1.54) is 46.5 Å². The maximum absolute atomic E-state index is 12.2. The van der Waals surface area contributed by atoms with Crippen molar-refractivity contribution in [1.29, 1.82) is 0 Å². The minimum absolute atomic E-state index is 0.0395. The monoisotopic (exact) mass is 335 g/mol. The van der Waals surface area contributed by atoms with Crippen LogP contribution in [0, 0.1) is 5.92 Å². The Morgan fingerprint density at radius 3 is 2.96 bits per heavy atom. The van der Waals surface area contributed by atoms with Gasteiger partial charge in [-0.25, -0.2) is 0 Å². The summed E-state index contributed by atoms with van der Waals surface area (Å²) in [5.41, 5.74) is 6.44. The molecular formula is C22H27N2O+. The molecule has 25 heavy (non-hydrogen) atoms. The van der Waals surface area contributed by atoms with E-state index in [9.17, 15) is 4.79 Å². The number of allylic oxidation sites excluding steroid dienone is 2. The number of aldehydes is 1. The molecule has 0 aromatic heterocycles. The lowest BCUT2D eigenvalue weighted by atomic mass is 9.61. The van der Waals surface area contributed by atoms with E-state index in [4.69, 9.17) is 0 Å². The number of fused-ring (bicyclic) bond motifs is 2. The topological polar surface area (TPSA) is 29.1 Å². The average molecular weight is 335 g/mol. The quantitative estimate of drug-likeness (QED) is 0.517. The SMILES string of the molecule is C/C=C1\C[N+]2(CCC)CC[C@]34C(=C(C=O)[C@H]1C[C@@H]32)Nc1ccccc14. The molecule has 1 unspecified atom stereocenters. The summed E-state index contributed by atoms with van der Waals surface area (Å²) in [7, 11) is 0. The highest BCUT2D eigenvalue weighted by atomic mass is 16.1. The van der Waals surface area contributed by atoms with Crippen LogP contribution in [0.1, 0.15) is 38.7 Å². The Morgan fingerprint density at radius 2 is 2.20 bits per heavy atom. The molecule has 3 heteroatoms. The van der Waals surface area contributed by atoms with E-state index in [-0.39, 0.29) is 5.41 Å². The van der Waals surface area contributed by atoms with E-state index >= 15 is 0 Å². The van der Waals surface area contributed by atoms with Crippen molar-refractivity contribution < 1.29 is 9.28 Å². The Hall–Kier alpha value is -1.87. The van der Waals surface area contributed by atoms with Crippen LogP contribution in [-0.2, 0) is 10.2 Å². The summed E-state index contributed by atoms with van der Waals surface area (Å²) < 4.78 is 1.22. The Kier molecular flexibility index (Phi) is 3.12. The van der Waals surface area contributed by atoms with Gasteiger partial charge in [0.2, 0.25) is 0 Å². The lowest BCUT2D eigenvalue weighted by Gasteiger charge is -2.53. The van der Waals surface area contributed by atoms with Crippen LogP contribution in [-0.4, -0.2) is 36.4 Å². The van der Waals surface area contributed by atoms with Crippen LogP contribution >= 0.6 is 0 Å². The fraction of sp³-hybridized carbons (Fsp3) is 0.500. The first-order valence-electron chi connectivity index (χ1n) is 9.77. The summed E-state index contributed by atoms with van der Waals surface area (Å²) in [5, 5.41) is 3.70. The molecule has 1 aromatic carbocycles. The first kappa shape index (κ1) is 15.4. The zero-order chi connectivity index (χ0) is 17.2. The van der Waals surface area contributed by atoms with Crippen molar-refractivity contribution in [3.63, 3.8) is 0 Å². The van der Waals surface area contributed by atoms with Crippen molar-refractivity contribution in [2.24, 2.45) is 5.92 Å². The molecule has 2 saturated heterocycles. The van der Waals surface area contributed by atoms with Crippen molar-refractivity contribution in [1.82, 2.24) is 0 Å². The van der Waals surface area contributed by atoms with Crippen molar-refractivity contribution in [3.05, 3.63) is 52.7 Å². The van der Waals surface area contributed by atoms with Gasteiger partial charge in [-0.3, -0.25) is 4.79 Å². The van der Waals surface area contributed by atoms with Gasteiger partial charge in [0.15, 0.2) is 0 Å². The molecule has 5 rings (SSSR count). The molecule has 3 heterocycles. The number of nitrogens with one attached hydrogen (secondary N) is 1. The first-order valence-corrected chi connectivity index (χ1v) is 9.77. The van der Waals surface area contributed by atoms with Crippen molar-refractivity contribution in [3.8, 4) is 0 Å². The van der Waals surface area contributed by atoms with E-state index in [1.54, 1.807) is 0 Å². The number of nitrogens with zero attached hydrogens (tertiary/aromatic N) is 1. The third-order valence-electron chi connectivity index (χ3n) is 7.53. The van der Waals surface area contributed by atoms with E-state index in [2.05, 4.69) is 49.5 Å². The number of benzene rings is 1. The van der Waals surface area contributed by atoms with Gasteiger partial charge in [0.05, 0.1) is 18.5 Å². The minimum atomic E-state index is 0.0395. The summed E-state index contributed by atoms with van der Waals surface area (Å²) in [5.74, 6) is 0.318. The highest BCUT2D eigenvalue weighted by Gasteiger charge is 2.68. The standard InChI is InChI=1S/C22H26N2O/c1-3-10-24-11-9-22-18-7-5-6-8-19(18)23-21(22)17(14-25)16(12-20(22)24)15(4-2)13-24/h4-8,14,16,20H,3,9-13H2,1-2H3/p+1/b15-4+/t16-,20-,22+,24?/m0/s1. The predicted molar refractivity (Wildman–Crippen MR) is 100 cm³/mol. The van der Waals surface area contributed by atoms with Gasteiger partial charge in [-0.05, 0) is 30.5 Å². The van der Waals surface area contributed by atoms with Gasteiger partial charge in [0.1, 0.15) is 18.9 Å². The number of para-hydroxylation sites is 1. The van der Waals surface area contributed by atoms with Crippen molar-refractivity contribution >= 4 is 12.0 Å². The number of anilines is 1. The third kappa shape index (κ3) is 1.68. The molecular weight excluding hydrogens is 308 g/mol. The van der Waals surface area contributed by atoms with Crippen LogP contribution < -0.4 is 5.32 Å². The Balaban J connectivity index is 1.81. The predicted octanol–water partition coefficient (Wildman–Crippen LogP) is 3.78. The molecule has 1 aromatic rings. The van der Waals surface area contributed by atoms with E-state index in [0.717, 1.165) is 31.2 Å². The molecule has 2 bridgehead atoms. The smallest absolute Gasteiger partial charge is 0.148 e. The minimum Gasteiger partial charge on any atom is -0.357 e. The van der Waals surface area contributed by atoms with Gasteiger partial charge in [0.25, 0.3) is 0 Å². The summed E-state index contributed by atoms with van der Waals surface area (Å²) in [6.45, 7) is 8.08. The summed E-state index contributed by atoms with van der Waals surface area (Å²) in [4.78, 5) is 12.2. The lowest BCUT2D eigenvalue weighted by molar-refractivity contribution is -0.941. The molecule has 0 amide bonds. The number of rotatable bonds is 3. The maximum Gasteiger partial charge on any atom is 0.148 e. The van der Waals surface area contributed by atoms with Crippen LogP contribution in [0.5, 0.6) is 0 Å². The second-order valence-corrected chi connectivity index (χ2v) is 8.33. The van der Waals surface area contributed by atoms with Gasteiger partial charge in [-0.15, -0.1) is 0 Å². The molecule has 4 aliphatic rings. The molecule has 3 nitrogen and oxygen atoms in total. The van der Waals surface area contributed by atoms with Gasteiger partial charge >= 0.3 is 0 Å². The molecule has 0 saturated carbocycles. The van der Waals surface area contributed by atoms with Gasteiger partial charge in [-0.2, -0.15) is 0 Å². The van der Waals surface area contributed by atoms with Crippen LogP contribution in [0.15, 0.2) is 47.2 Å². The summed E-state index contributed by atoms with van der Waals surface area (Å²) in [6, 6.07) is 9.36. The Labute approximate surface area is 150 Å². The van der Waals surface area contributed by atoms with E-state index in [1.807, 2.05) is 0 Å². The zero-order valence-electron chi connectivity index (χ0n) is 15.2. The lowest BCUT2D eigenvalue weighted by Crippen LogP contribution is -2.63. The van der Waals surface area contributed by atoms with Gasteiger partial charge in [0, 0.05) is 35.7 Å². The number of hydrogen-bond donors (Lipinski definition) is 1. The van der Waals surface area contributed by atoms with E-state index < -0.39 is 0 Å². The molecule has 1 spiro atoms. The Morgan fingerprint density at radius 1 is 1.36 bits per heavy atom. The summed E-state index contributed by atoms with van der Waals surface area (Å²) in [6.07, 6.45) is 6.96. The van der Waals surface area contributed by atoms with E-state index in [0.29, 0.717) is 12.0 Å². The van der Waals surface area contributed by atoms with Crippen molar-refractivity contribution in [2.45, 2.75) is 44.6 Å². The maximum atomic E-state index is 12.2. The fourth-order valence-corrected chi connectivity index (χ4v) is 6.68. The fourth-order valence-electron chi connectivity index (χ4n) is 6.68. The number of carbonyl (C=O) groups is 1. The zero-order valence-corrected chi connectivity index (χ0v) is 15.2. The molecule has 0 radical (unpaired) electrons. The molecule has 1 aliphatic carbocycles. The van der Waals surface area contributed by atoms with Crippen molar-refractivity contribution in [2.75, 3.05) is 25.0 Å². The van der Waals surface area contributed by atoms with Crippen LogP contribution in [0.4, 0.5) is 5.69 Å². The number of carbonyl (C=O) groups excluding carboxylic acids is 1. The normalized spacial score (nSPS) is 39.2. The largest absolute Gasteiger partial charge is 0.357 e. The second kappa shape index (κ2) is 5.07. The molecule has 2 fully saturated rings. The number of piperidine rings is 1. The van der Waals surface area contributed by atoms with Crippen LogP contribution in [0.2, 0.25) is 0 Å². The highest BCUT2D eigenvalue weighted by Crippen LogP contribution is 2.63. The highest BCUT2D eigenvalue weighted by molar-refractivity contribution is 5.84. The molecule has 130 valence electrons. The molecule has 4 atom stereocenters. The van der Waals surface area contributed by atoms with Gasteiger partial charge in [-0.1, -0.05) is 31.2 Å². The number of hydrogen-bond acceptors (Lipinski definition) is 2.